The topological polar surface area (TPSA) is 38.0 Å². The Hall–Kier alpha value is -1.16. The third kappa shape index (κ3) is 2.02. The SMILES string of the molecule is CCCCc1cnc2n(c1=S)CCC=C2O. The van der Waals surface area contributed by atoms with Crippen molar-refractivity contribution in [1.82, 2.24) is 9.55 Å². The van der Waals surface area contributed by atoms with Crippen LogP contribution in [-0.2, 0) is 13.0 Å². The number of aryl methyl sites for hydroxylation is 1. The standard InChI is InChI=1S/C12H16N2OS/c1-2-3-5-9-8-13-11-10(15)6-4-7-14(11)12(9)16/h6,8,15H,2-5,7H2,1H3. The van der Waals surface area contributed by atoms with Crippen LogP contribution in [0.15, 0.2) is 12.3 Å². The van der Waals surface area contributed by atoms with Crippen LogP contribution in [0.1, 0.15) is 37.6 Å². The molecule has 1 N–H and O–H groups in total. The number of aromatic nitrogens is 2. The second-order valence-corrected chi connectivity index (χ2v) is 4.43. The molecule has 4 heteroatoms. The number of hydrogen-bond donors (Lipinski definition) is 1. The molecule has 1 aromatic rings. The van der Waals surface area contributed by atoms with Crippen LogP contribution in [0.25, 0.3) is 5.76 Å². The third-order valence-corrected chi connectivity index (χ3v) is 3.32. The molecule has 16 heavy (non-hydrogen) atoms. The van der Waals surface area contributed by atoms with E-state index >= 15 is 0 Å². The minimum absolute atomic E-state index is 0.249. The summed E-state index contributed by atoms with van der Waals surface area (Å²) in [7, 11) is 0. The van der Waals surface area contributed by atoms with Crippen molar-refractivity contribution in [2.45, 2.75) is 39.2 Å². The Labute approximate surface area is 100 Å². The lowest BCUT2D eigenvalue weighted by atomic mass is 10.1. The fraction of sp³-hybridized carbons (Fsp3) is 0.500. The van der Waals surface area contributed by atoms with Gasteiger partial charge in [0.25, 0.3) is 0 Å². The highest BCUT2D eigenvalue weighted by molar-refractivity contribution is 7.71. The molecule has 0 fully saturated rings. The average molecular weight is 236 g/mol. The van der Waals surface area contributed by atoms with Gasteiger partial charge >= 0.3 is 0 Å². The summed E-state index contributed by atoms with van der Waals surface area (Å²) >= 11 is 5.43. The lowest BCUT2D eigenvalue weighted by Crippen LogP contribution is -2.14. The Morgan fingerprint density at radius 2 is 2.38 bits per heavy atom. The summed E-state index contributed by atoms with van der Waals surface area (Å²) in [5, 5.41) is 9.68. The van der Waals surface area contributed by atoms with Crippen molar-refractivity contribution >= 4 is 18.0 Å². The fourth-order valence-electron chi connectivity index (χ4n) is 1.91. The van der Waals surface area contributed by atoms with Crippen LogP contribution in [0.2, 0.25) is 0 Å². The molecule has 0 aliphatic carbocycles. The predicted molar refractivity (Wildman–Crippen MR) is 66.9 cm³/mol. The molecule has 0 bridgehead atoms. The van der Waals surface area contributed by atoms with E-state index in [1.807, 2.05) is 4.57 Å². The summed E-state index contributed by atoms with van der Waals surface area (Å²) in [6.45, 7) is 2.99. The van der Waals surface area contributed by atoms with E-state index in [1.165, 1.54) is 0 Å². The number of allylic oxidation sites excluding steroid dienone is 1. The first kappa shape index (κ1) is 11.3. The van der Waals surface area contributed by atoms with Crippen molar-refractivity contribution in [3.8, 4) is 0 Å². The van der Waals surface area contributed by atoms with E-state index in [0.717, 1.165) is 42.4 Å². The summed E-state index contributed by atoms with van der Waals surface area (Å²) in [5.74, 6) is 0.857. The maximum absolute atomic E-state index is 9.68. The maximum atomic E-state index is 9.68. The van der Waals surface area contributed by atoms with E-state index in [0.29, 0.717) is 5.82 Å². The van der Waals surface area contributed by atoms with Gasteiger partial charge < -0.3 is 9.67 Å². The minimum Gasteiger partial charge on any atom is -0.504 e. The van der Waals surface area contributed by atoms with Gasteiger partial charge in [-0.2, -0.15) is 0 Å². The van der Waals surface area contributed by atoms with Crippen molar-refractivity contribution in [3.63, 3.8) is 0 Å². The number of hydrogen-bond acceptors (Lipinski definition) is 3. The summed E-state index contributed by atoms with van der Waals surface area (Å²) in [4.78, 5) is 4.29. The normalized spacial score (nSPS) is 14.4. The lowest BCUT2D eigenvalue weighted by molar-refractivity contribution is 0.475. The van der Waals surface area contributed by atoms with E-state index in [1.54, 1.807) is 12.3 Å². The first-order chi connectivity index (χ1) is 7.74. The molecule has 2 rings (SSSR count). The van der Waals surface area contributed by atoms with Gasteiger partial charge in [0.1, 0.15) is 4.64 Å². The number of fused-ring (bicyclic) bond motifs is 1. The fourth-order valence-corrected chi connectivity index (χ4v) is 2.24. The van der Waals surface area contributed by atoms with Crippen LogP contribution in [-0.4, -0.2) is 14.7 Å². The first-order valence-electron chi connectivity index (χ1n) is 5.72. The predicted octanol–water partition coefficient (Wildman–Crippen LogP) is 3.26. The highest BCUT2D eigenvalue weighted by Crippen LogP contribution is 2.19. The molecule has 1 aliphatic rings. The summed E-state index contributed by atoms with van der Waals surface area (Å²) in [5.41, 5.74) is 1.12. The van der Waals surface area contributed by atoms with Gasteiger partial charge in [-0.1, -0.05) is 25.6 Å². The Morgan fingerprint density at radius 3 is 3.12 bits per heavy atom. The monoisotopic (exact) mass is 236 g/mol. The van der Waals surface area contributed by atoms with Crippen molar-refractivity contribution in [2.75, 3.05) is 0 Å². The number of unbranched alkanes of at least 4 members (excludes halogenated alkanes) is 1. The Bertz CT molecular complexity index is 476. The zero-order chi connectivity index (χ0) is 11.5. The molecule has 0 amide bonds. The van der Waals surface area contributed by atoms with Gasteiger partial charge in [0, 0.05) is 18.3 Å². The first-order valence-corrected chi connectivity index (χ1v) is 6.13. The number of aliphatic hydroxyl groups is 1. The van der Waals surface area contributed by atoms with Gasteiger partial charge in [0.2, 0.25) is 0 Å². The smallest absolute Gasteiger partial charge is 0.175 e. The highest BCUT2D eigenvalue weighted by atomic mass is 32.1. The molecular formula is C12H16N2OS. The van der Waals surface area contributed by atoms with Crippen molar-refractivity contribution in [2.24, 2.45) is 0 Å². The summed E-state index contributed by atoms with van der Waals surface area (Å²) < 4.78 is 2.77. The highest BCUT2D eigenvalue weighted by Gasteiger charge is 2.13. The average Bonchev–Trinajstić information content (AvgIpc) is 2.29. The molecule has 1 aliphatic heterocycles. The molecule has 1 aromatic heterocycles. The van der Waals surface area contributed by atoms with Gasteiger partial charge in [0.15, 0.2) is 11.6 Å². The van der Waals surface area contributed by atoms with Gasteiger partial charge in [-0.25, -0.2) is 4.98 Å². The van der Waals surface area contributed by atoms with Gasteiger partial charge in [-0.15, -0.1) is 0 Å². The molecule has 2 heterocycles. The second kappa shape index (κ2) is 4.78. The van der Waals surface area contributed by atoms with Crippen molar-refractivity contribution in [3.05, 3.63) is 28.3 Å². The molecule has 0 saturated carbocycles. The number of aliphatic hydroxyl groups excluding tert-OH is 1. The molecule has 0 saturated heterocycles. The Morgan fingerprint density at radius 1 is 1.56 bits per heavy atom. The van der Waals surface area contributed by atoms with Crippen LogP contribution in [0, 0.1) is 4.64 Å². The van der Waals surface area contributed by atoms with Crippen molar-refractivity contribution in [1.29, 1.82) is 0 Å². The zero-order valence-electron chi connectivity index (χ0n) is 9.44. The maximum Gasteiger partial charge on any atom is 0.175 e. The van der Waals surface area contributed by atoms with Crippen molar-refractivity contribution < 1.29 is 5.11 Å². The quantitative estimate of drug-likeness (QED) is 0.819. The van der Waals surface area contributed by atoms with E-state index in [9.17, 15) is 5.11 Å². The summed E-state index contributed by atoms with van der Waals surface area (Å²) in [6, 6.07) is 0. The Kier molecular flexibility index (Phi) is 3.39. The molecule has 0 spiro atoms. The minimum atomic E-state index is 0.249. The van der Waals surface area contributed by atoms with Crippen LogP contribution in [0.3, 0.4) is 0 Å². The van der Waals surface area contributed by atoms with Crippen LogP contribution < -0.4 is 0 Å². The number of rotatable bonds is 3. The lowest BCUT2D eigenvalue weighted by Gasteiger charge is -2.17. The number of nitrogens with zero attached hydrogens (tertiary/aromatic N) is 2. The molecule has 0 unspecified atom stereocenters. The molecule has 0 aromatic carbocycles. The van der Waals surface area contributed by atoms with Crippen LogP contribution >= 0.6 is 12.2 Å². The third-order valence-electron chi connectivity index (χ3n) is 2.84. The van der Waals surface area contributed by atoms with Gasteiger partial charge in [-0.05, 0) is 25.3 Å². The molecule has 0 radical (unpaired) electrons. The van der Waals surface area contributed by atoms with Gasteiger partial charge in [0.05, 0.1) is 0 Å². The largest absolute Gasteiger partial charge is 0.504 e. The Balaban J connectivity index is 2.40. The molecule has 86 valence electrons. The van der Waals surface area contributed by atoms with E-state index in [4.69, 9.17) is 12.2 Å². The van der Waals surface area contributed by atoms with Crippen LogP contribution in [0.4, 0.5) is 0 Å². The van der Waals surface area contributed by atoms with E-state index < -0.39 is 0 Å². The van der Waals surface area contributed by atoms with Gasteiger partial charge in [-0.3, -0.25) is 0 Å². The molecular weight excluding hydrogens is 220 g/mol. The molecule has 0 atom stereocenters. The van der Waals surface area contributed by atoms with E-state index in [-0.39, 0.29) is 5.76 Å². The van der Waals surface area contributed by atoms with Crippen LogP contribution in [0.5, 0.6) is 0 Å². The van der Waals surface area contributed by atoms with E-state index in [2.05, 4.69) is 11.9 Å². The summed E-state index contributed by atoms with van der Waals surface area (Å²) in [6.07, 6.45) is 7.69. The molecule has 3 nitrogen and oxygen atoms in total. The second-order valence-electron chi connectivity index (χ2n) is 4.05. The zero-order valence-corrected chi connectivity index (χ0v) is 10.3.